The van der Waals surface area contributed by atoms with Gasteiger partial charge in [-0.3, -0.25) is 4.40 Å². The molecule has 30 heavy (non-hydrogen) atoms. The molecule has 2 aromatic carbocycles. The predicted octanol–water partition coefficient (Wildman–Crippen LogP) is 4.68. The van der Waals surface area contributed by atoms with Crippen LogP contribution in [0.3, 0.4) is 0 Å². The third-order valence-corrected chi connectivity index (χ3v) is 5.97. The molecule has 0 aliphatic heterocycles. The summed E-state index contributed by atoms with van der Waals surface area (Å²) >= 11 is 2.34. The maximum absolute atomic E-state index is 5.52. The fourth-order valence-corrected chi connectivity index (χ4v) is 4.18. The van der Waals surface area contributed by atoms with Crippen LogP contribution < -0.4 is 10.1 Å². The standard InChI is InChI=1S/C23H24IN5O/c1-28(2)14-16-7-9-17(10-8-16)18-11-12-22(29-15-26-27-23(18)29)25-13-19-20(24)5-4-6-21(19)30-3/h4-12,15,25H,13-14H2,1-3H3. The molecule has 4 rings (SSSR count). The SMILES string of the molecule is COc1cccc(I)c1CNc1ccc(-c2ccc(CN(C)C)cc2)c2nncn12. The molecule has 4 aromatic rings. The van der Waals surface area contributed by atoms with Crippen molar-refractivity contribution in [2.24, 2.45) is 0 Å². The van der Waals surface area contributed by atoms with Crippen LogP contribution in [0.5, 0.6) is 5.75 Å². The van der Waals surface area contributed by atoms with Crippen LogP contribution in [0.15, 0.2) is 60.9 Å². The number of aromatic nitrogens is 3. The van der Waals surface area contributed by atoms with Crippen molar-refractivity contribution in [1.82, 2.24) is 19.5 Å². The summed E-state index contributed by atoms with van der Waals surface area (Å²) in [5, 5.41) is 12.0. The van der Waals surface area contributed by atoms with E-state index in [2.05, 4.69) is 99.6 Å². The molecule has 154 valence electrons. The lowest BCUT2D eigenvalue weighted by Gasteiger charge is -2.14. The molecule has 0 radical (unpaired) electrons. The third kappa shape index (κ3) is 4.27. The third-order valence-electron chi connectivity index (χ3n) is 4.96. The number of nitrogens with zero attached hydrogens (tertiary/aromatic N) is 4. The van der Waals surface area contributed by atoms with Gasteiger partial charge in [-0.25, -0.2) is 0 Å². The zero-order valence-corrected chi connectivity index (χ0v) is 19.4. The minimum Gasteiger partial charge on any atom is -0.496 e. The number of hydrogen-bond acceptors (Lipinski definition) is 5. The quantitative estimate of drug-likeness (QED) is 0.364. The van der Waals surface area contributed by atoms with Crippen LogP contribution in [0.2, 0.25) is 0 Å². The summed E-state index contributed by atoms with van der Waals surface area (Å²) in [7, 11) is 5.85. The topological polar surface area (TPSA) is 54.7 Å². The van der Waals surface area contributed by atoms with Gasteiger partial charge in [-0.05, 0) is 72.1 Å². The van der Waals surface area contributed by atoms with Crippen LogP contribution in [-0.4, -0.2) is 40.7 Å². The average Bonchev–Trinajstić information content (AvgIpc) is 3.23. The largest absolute Gasteiger partial charge is 0.496 e. The van der Waals surface area contributed by atoms with E-state index in [4.69, 9.17) is 4.74 Å². The van der Waals surface area contributed by atoms with E-state index < -0.39 is 0 Å². The number of methoxy groups -OCH3 is 1. The molecule has 0 aliphatic carbocycles. The van der Waals surface area contributed by atoms with Gasteiger partial charge in [0.05, 0.1) is 7.11 Å². The van der Waals surface area contributed by atoms with Crippen molar-refractivity contribution < 1.29 is 4.74 Å². The van der Waals surface area contributed by atoms with Gasteiger partial charge in [-0.2, -0.15) is 0 Å². The van der Waals surface area contributed by atoms with E-state index in [1.807, 2.05) is 16.5 Å². The molecule has 0 atom stereocenters. The van der Waals surface area contributed by atoms with E-state index >= 15 is 0 Å². The van der Waals surface area contributed by atoms with Crippen molar-refractivity contribution >= 4 is 34.1 Å². The average molecular weight is 513 g/mol. The number of rotatable bonds is 7. The first-order valence-electron chi connectivity index (χ1n) is 9.69. The molecular weight excluding hydrogens is 489 g/mol. The van der Waals surface area contributed by atoms with Gasteiger partial charge in [0.25, 0.3) is 0 Å². The van der Waals surface area contributed by atoms with Crippen LogP contribution in [0.25, 0.3) is 16.8 Å². The Morgan fingerprint density at radius 3 is 2.60 bits per heavy atom. The van der Waals surface area contributed by atoms with E-state index in [0.29, 0.717) is 6.54 Å². The summed E-state index contributed by atoms with van der Waals surface area (Å²) in [6, 6.07) is 18.9. The van der Waals surface area contributed by atoms with E-state index in [0.717, 1.165) is 44.0 Å². The molecule has 0 fully saturated rings. The highest BCUT2D eigenvalue weighted by molar-refractivity contribution is 14.1. The number of fused-ring (bicyclic) bond motifs is 1. The molecule has 0 bridgehead atoms. The number of halogens is 1. The minimum atomic E-state index is 0.647. The second-order valence-corrected chi connectivity index (χ2v) is 8.53. The first-order valence-corrected chi connectivity index (χ1v) is 10.8. The zero-order valence-electron chi connectivity index (χ0n) is 17.3. The van der Waals surface area contributed by atoms with Crippen molar-refractivity contribution in [3.63, 3.8) is 0 Å². The van der Waals surface area contributed by atoms with Crippen LogP contribution in [0.1, 0.15) is 11.1 Å². The highest BCUT2D eigenvalue weighted by atomic mass is 127. The minimum absolute atomic E-state index is 0.647. The van der Waals surface area contributed by atoms with Gasteiger partial charge in [0.2, 0.25) is 0 Å². The number of anilines is 1. The smallest absolute Gasteiger partial charge is 0.170 e. The fourth-order valence-electron chi connectivity index (χ4n) is 3.52. The molecule has 1 N–H and O–H groups in total. The highest BCUT2D eigenvalue weighted by Crippen LogP contribution is 2.28. The van der Waals surface area contributed by atoms with Crippen molar-refractivity contribution in [3.05, 3.63) is 75.6 Å². The molecule has 0 saturated heterocycles. The van der Waals surface area contributed by atoms with Crippen molar-refractivity contribution in [2.45, 2.75) is 13.1 Å². The van der Waals surface area contributed by atoms with Crippen LogP contribution in [0.4, 0.5) is 5.82 Å². The maximum Gasteiger partial charge on any atom is 0.170 e. The van der Waals surface area contributed by atoms with E-state index in [-0.39, 0.29) is 0 Å². The molecule has 0 unspecified atom stereocenters. The Morgan fingerprint density at radius 2 is 1.87 bits per heavy atom. The van der Waals surface area contributed by atoms with E-state index in [1.54, 1.807) is 13.4 Å². The van der Waals surface area contributed by atoms with Crippen LogP contribution >= 0.6 is 22.6 Å². The molecule has 2 aromatic heterocycles. The number of benzene rings is 2. The van der Waals surface area contributed by atoms with E-state index in [9.17, 15) is 0 Å². The van der Waals surface area contributed by atoms with Gasteiger partial charge in [0.1, 0.15) is 17.9 Å². The first kappa shape index (κ1) is 20.6. The lowest BCUT2D eigenvalue weighted by atomic mass is 10.0. The van der Waals surface area contributed by atoms with Gasteiger partial charge in [-0.15, -0.1) is 10.2 Å². The maximum atomic E-state index is 5.52. The van der Waals surface area contributed by atoms with Gasteiger partial charge < -0.3 is 15.0 Å². The van der Waals surface area contributed by atoms with Gasteiger partial charge in [-0.1, -0.05) is 30.3 Å². The summed E-state index contributed by atoms with van der Waals surface area (Å²) in [6.45, 7) is 1.57. The van der Waals surface area contributed by atoms with Gasteiger partial charge in [0, 0.05) is 27.8 Å². The fraction of sp³-hybridized carbons (Fsp3) is 0.217. The van der Waals surface area contributed by atoms with Crippen LogP contribution in [0, 0.1) is 3.57 Å². The van der Waals surface area contributed by atoms with Gasteiger partial charge >= 0.3 is 0 Å². The molecule has 0 aliphatic rings. The molecule has 0 spiro atoms. The Labute approximate surface area is 190 Å². The summed E-state index contributed by atoms with van der Waals surface area (Å²) in [6.07, 6.45) is 1.74. The number of hydrogen-bond donors (Lipinski definition) is 1. The van der Waals surface area contributed by atoms with Crippen molar-refractivity contribution in [3.8, 4) is 16.9 Å². The normalized spacial score (nSPS) is 11.2. The second-order valence-electron chi connectivity index (χ2n) is 7.37. The second kappa shape index (κ2) is 9.01. The Bertz CT molecular complexity index is 1150. The summed E-state index contributed by atoms with van der Waals surface area (Å²) in [5.41, 5.74) is 5.42. The number of ether oxygens (including phenoxy) is 1. The Balaban J connectivity index is 1.62. The lowest BCUT2D eigenvalue weighted by molar-refractivity contribution is 0.402. The molecule has 6 nitrogen and oxygen atoms in total. The number of pyridine rings is 1. The number of nitrogens with one attached hydrogen (secondary N) is 1. The summed E-state index contributed by atoms with van der Waals surface area (Å²) in [4.78, 5) is 2.16. The zero-order chi connectivity index (χ0) is 21.1. The lowest BCUT2D eigenvalue weighted by Crippen LogP contribution is -2.10. The molecule has 7 heteroatoms. The van der Waals surface area contributed by atoms with Crippen molar-refractivity contribution in [1.29, 1.82) is 0 Å². The monoisotopic (exact) mass is 513 g/mol. The van der Waals surface area contributed by atoms with Crippen LogP contribution in [-0.2, 0) is 13.1 Å². The molecular formula is C23H24IN5O. The highest BCUT2D eigenvalue weighted by Gasteiger charge is 2.12. The molecule has 2 heterocycles. The summed E-state index contributed by atoms with van der Waals surface area (Å²) in [5.74, 6) is 1.81. The Kier molecular flexibility index (Phi) is 6.19. The predicted molar refractivity (Wildman–Crippen MR) is 129 cm³/mol. The summed E-state index contributed by atoms with van der Waals surface area (Å²) < 4.78 is 8.67. The molecule has 0 amide bonds. The van der Waals surface area contributed by atoms with Crippen molar-refractivity contribution in [2.75, 3.05) is 26.5 Å². The van der Waals surface area contributed by atoms with E-state index in [1.165, 1.54) is 5.56 Å². The Hall–Kier alpha value is -2.65. The van der Waals surface area contributed by atoms with Gasteiger partial charge in [0.15, 0.2) is 5.65 Å². The first-order chi connectivity index (χ1) is 14.6. The Morgan fingerprint density at radius 1 is 1.07 bits per heavy atom. The molecule has 0 saturated carbocycles.